The van der Waals surface area contributed by atoms with Crippen molar-refractivity contribution in [3.63, 3.8) is 0 Å². The number of hydrogen-bond acceptors (Lipinski definition) is 6. The third-order valence-corrected chi connectivity index (χ3v) is 10.8. The van der Waals surface area contributed by atoms with Gasteiger partial charge in [-0.1, -0.05) is 88.2 Å². The Balaban J connectivity index is 1.55. The summed E-state index contributed by atoms with van der Waals surface area (Å²) >= 11 is 3.57. The summed E-state index contributed by atoms with van der Waals surface area (Å²) in [5.74, 6) is -4.14. The van der Waals surface area contributed by atoms with E-state index in [0.717, 1.165) is 5.57 Å². The number of nitrogens with zero attached hydrogens (tertiary/aromatic N) is 1. The maximum atomic E-state index is 15.0. The second kappa shape index (κ2) is 10.9. The molecule has 0 radical (unpaired) electrons. The molecule has 1 aliphatic heterocycles. The molecule has 2 fully saturated rings. The SMILES string of the molecule is CCN1C(=O)[C@H]2[C@H](CC=C3[C@H]2C[C@H]2C(=O)C(c4ccccc4)=CC(=O)[C@@]2(c2ccccc2)[C@H]3c2cc(Br)cc(OC)c2O)C1=O. The maximum Gasteiger partial charge on any atom is 0.233 e. The number of methoxy groups -OCH3 is 1. The molecule has 228 valence electrons. The van der Waals surface area contributed by atoms with Crippen LogP contribution in [0, 0.1) is 23.7 Å². The van der Waals surface area contributed by atoms with E-state index in [4.69, 9.17) is 4.74 Å². The Kier molecular flexibility index (Phi) is 7.15. The Morgan fingerprint density at radius 3 is 2.31 bits per heavy atom. The number of imide groups is 1. The number of hydrogen-bond donors (Lipinski definition) is 1. The number of aromatic hydroxyl groups is 1. The third-order valence-electron chi connectivity index (χ3n) is 10.4. The average molecular weight is 667 g/mol. The Bertz CT molecular complexity index is 1810. The van der Waals surface area contributed by atoms with Crippen LogP contribution in [0.3, 0.4) is 0 Å². The molecule has 7 nitrogen and oxygen atoms in total. The van der Waals surface area contributed by atoms with Gasteiger partial charge in [0.1, 0.15) is 0 Å². The van der Waals surface area contributed by atoms with E-state index < -0.39 is 35.0 Å². The number of carbonyl (C=O) groups is 4. The van der Waals surface area contributed by atoms with Crippen LogP contribution >= 0.6 is 15.9 Å². The van der Waals surface area contributed by atoms with Crippen molar-refractivity contribution < 1.29 is 29.0 Å². The lowest BCUT2D eigenvalue weighted by molar-refractivity contribution is -0.140. The summed E-state index contributed by atoms with van der Waals surface area (Å²) in [6.07, 6.45) is 4.01. The Labute approximate surface area is 269 Å². The van der Waals surface area contributed by atoms with Crippen molar-refractivity contribution in [3.05, 3.63) is 112 Å². The minimum Gasteiger partial charge on any atom is -0.504 e. The fourth-order valence-corrected chi connectivity index (χ4v) is 9.02. The first-order chi connectivity index (χ1) is 21.7. The minimum absolute atomic E-state index is 0.134. The molecule has 6 atom stereocenters. The quantitative estimate of drug-likeness (QED) is 0.265. The molecule has 1 saturated carbocycles. The summed E-state index contributed by atoms with van der Waals surface area (Å²) < 4.78 is 6.18. The van der Waals surface area contributed by atoms with E-state index in [-0.39, 0.29) is 47.8 Å². The number of benzene rings is 3. The summed E-state index contributed by atoms with van der Waals surface area (Å²) in [4.78, 5) is 58.5. The molecule has 0 aromatic heterocycles. The number of rotatable bonds is 5. The highest BCUT2D eigenvalue weighted by Crippen LogP contribution is 2.65. The van der Waals surface area contributed by atoms with Crippen molar-refractivity contribution in [1.82, 2.24) is 4.90 Å². The van der Waals surface area contributed by atoms with E-state index in [1.165, 1.54) is 18.1 Å². The van der Waals surface area contributed by atoms with Crippen LogP contribution in [-0.2, 0) is 24.6 Å². The van der Waals surface area contributed by atoms with E-state index in [1.807, 2.05) is 66.7 Å². The highest BCUT2D eigenvalue weighted by atomic mass is 79.9. The molecule has 0 bridgehead atoms. The van der Waals surface area contributed by atoms with E-state index in [1.54, 1.807) is 19.1 Å². The predicted octanol–water partition coefficient (Wildman–Crippen LogP) is 6.01. The molecule has 4 aliphatic rings. The van der Waals surface area contributed by atoms with Gasteiger partial charge in [0.2, 0.25) is 11.8 Å². The van der Waals surface area contributed by atoms with Gasteiger partial charge in [-0.2, -0.15) is 0 Å². The first-order valence-corrected chi connectivity index (χ1v) is 16.1. The van der Waals surface area contributed by atoms with Crippen LogP contribution in [0.4, 0.5) is 0 Å². The van der Waals surface area contributed by atoms with E-state index in [0.29, 0.717) is 33.2 Å². The summed E-state index contributed by atoms with van der Waals surface area (Å²) in [7, 11) is 1.46. The Morgan fingerprint density at radius 2 is 1.64 bits per heavy atom. The number of allylic oxidation sites excluding steroid dienone is 4. The summed E-state index contributed by atoms with van der Waals surface area (Å²) in [5.41, 5.74) is 1.43. The van der Waals surface area contributed by atoms with Crippen LogP contribution in [-0.4, -0.2) is 47.0 Å². The molecule has 8 heteroatoms. The summed E-state index contributed by atoms with van der Waals surface area (Å²) in [6.45, 7) is 2.06. The second-order valence-electron chi connectivity index (χ2n) is 12.3. The van der Waals surface area contributed by atoms with Crippen LogP contribution in [0.15, 0.2) is 95.0 Å². The molecule has 3 aromatic carbocycles. The number of halogens is 1. The van der Waals surface area contributed by atoms with Gasteiger partial charge in [-0.3, -0.25) is 24.1 Å². The number of ether oxygens (including phenoxy) is 1. The van der Waals surface area contributed by atoms with Gasteiger partial charge in [0.15, 0.2) is 23.1 Å². The number of phenolic OH excluding ortho intramolecular Hbond substituents is 1. The average Bonchev–Trinajstić information content (AvgIpc) is 3.31. The van der Waals surface area contributed by atoms with Crippen LogP contribution in [0.2, 0.25) is 0 Å². The summed E-state index contributed by atoms with van der Waals surface area (Å²) in [5, 5.41) is 11.7. The number of Topliss-reactive ketones (excluding diaryl/α,β-unsaturated/α-hetero) is 1. The second-order valence-corrected chi connectivity index (χ2v) is 13.2. The molecule has 0 unspecified atom stereocenters. The lowest BCUT2D eigenvalue weighted by atomic mass is 9.44. The first-order valence-electron chi connectivity index (χ1n) is 15.3. The van der Waals surface area contributed by atoms with Gasteiger partial charge in [-0.05, 0) is 55.0 Å². The number of amides is 2. The lowest BCUT2D eigenvalue weighted by Crippen LogP contribution is -2.58. The minimum atomic E-state index is -1.43. The fraction of sp³-hybridized carbons (Fsp3) is 0.297. The van der Waals surface area contributed by atoms with Gasteiger partial charge >= 0.3 is 0 Å². The van der Waals surface area contributed by atoms with E-state index >= 15 is 4.79 Å². The molecule has 45 heavy (non-hydrogen) atoms. The molecule has 3 aliphatic carbocycles. The van der Waals surface area contributed by atoms with Crippen molar-refractivity contribution >= 4 is 44.9 Å². The number of ketones is 2. The van der Waals surface area contributed by atoms with Crippen LogP contribution < -0.4 is 4.74 Å². The lowest BCUT2D eigenvalue weighted by Gasteiger charge is -2.55. The smallest absolute Gasteiger partial charge is 0.233 e. The Hall–Kier alpha value is -4.30. The maximum absolute atomic E-state index is 15.0. The fourth-order valence-electron chi connectivity index (χ4n) is 8.57. The van der Waals surface area contributed by atoms with E-state index in [9.17, 15) is 19.5 Å². The number of likely N-dealkylation sites (tertiary alicyclic amines) is 1. The van der Waals surface area contributed by atoms with Crippen molar-refractivity contribution in [2.45, 2.75) is 31.1 Å². The van der Waals surface area contributed by atoms with Crippen LogP contribution in [0.5, 0.6) is 11.5 Å². The zero-order valence-electron chi connectivity index (χ0n) is 24.9. The molecular formula is C37H32BrNO6. The van der Waals surface area contributed by atoms with Gasteiger partial charge in [0.25, 0.3) is 0 Å². The Morgan fingerprint density at radius 1 is 0.956 bits per heavy atom. The number of fused-ring (bicyclic) bond motifs is 4. The van der Waals surface area contributed by atoms with Gasteiger partial charge in [-0.25, -0.2) is 0 Å². The van der Waals surface area contributed by atoms with Crippen LogP contribution in [0.25, 0.3) is 5.57 Å². The summed E-state index contributed by atoms with van der Waals surface area (Å²) in [6, 6.07) is 21.9. The third kappa shape index (κ3) is 4.14. The zero-order valence-corrected chi connectivity index (χ0v) is 26.5. The zero-order chi connectivity index (χ0) is 31.6. The van der Waals surface area contributed by atoms with Gasteiger partial charge < -0.3 is 9.84 Å². The van der Waals surface area contributed by atoms with Crippen molar-refractivity contribution in [3.8, 4) is 11.5 Å². The largest absolute Gasteiger partial charge is 0.504 e. The molecule has 3 aromatic rings. The molecule has 1 N–H and O–H groups in total. The topological polar surface area (TPSA) is 101 Å². The molecule has 1 heterocycles. The first kappa shape index (κ1) is 29.4. The number of phenols is 1. The molecule has 2 amide bonds. The van der Waals surface area contributed by atoms with Crippen LogP contribution in [0.1, 0.15) is 42.4 Å². The number of carbonyl (C=O) groups excluding carboxylic acids is 4. The molecule has 1 saturated heterocycles. The molecule has 7 rings (SSSR count). The van der Waals surface area contributed by atoms with Crippen molar-refractivity contribution in [1.29, 1.82) is 0 Å². The van der Waals surface area contributed by atoms with Crippen molar-refractivity contribution in [2.24, 2.45) is 23.7 Å². The molecular weight excluding hydrogens is 634 g/mol. The van der Waals surface area contributed by atoms with Gasteiger partial charge in [0.05, 0.1) is 24.4 Å². The molecule has 0 spiro atoms. The van der Waals surface area contributed by atoms with Gasteiger partial charge in [-0.15, -0.1) is 0 Å². The standard InChI is InChI=1S/C37H32BrNO6/c1-3-39-35(43)24-15-14-23-26(31(24)36(39)44)18-28-33(41)25(20-10-6-4-7-11-20)19-30(40)37(28,21-12-8-5-9-13-21)32(23)27-16-22(38)17-29(45-2)34(27)42/h4-14,16-17,19,24,26,28,31-32,42H,3,15,18H2,1-2H3/t24-,26+,28-,31-,32+,37-/m0/s1. The highest BCUT2D eigenvalue weighted by molar-refractivity contribution is 9.10. The predicted molar refractivity (Wildman–Crippen MR) is 171 cm³/mol. The van der Waals surface area contributed by atoms with E-state index in [2.05, 4.69) is 15.9 Å². The normalized spacial score (nSPS) is 29.0. The highest BCUT2D eigenvalue weighted by Gasteiger charge is 2.66. The van der Waals surface area contributed by atoms with Crippen molar-refractivity contribution in [2.75, 3.05) is 13.7 Å². The monoisotopic (exact) mass is 665 g/mol. The van der Waals surface area contributed by atoms with Gasteiger partial charge in [0, 0.05) is 34.0 Å².